The van der Waals surface area contributed by atoms with Crippen molar-refractivity contribution < 1.29 is 12.8 Å². The molecule has 11 heavy (non-hydrogen) atoms. The standard InChI is InChI=1S/C6H12FNO2S/c7-2-4-11(9,10)6-1-3-8-5-6/h6,8H,1-5H2. The molecule has 1 unspecified atom stereocenters. The van der Waals surface area contributed by atoms with E-state index in [1.54, 1.807) is 0 Å². The van der Waals surface area contributed by atoms with Crippen LogP contribution in [0.25, 0.3) is 0 Å². The van der Waals surface area contributed by atoms with Crippen molar-refractivity contribution in [3.05, 3.63) is 0 Å². The maximum absolute atomic E-state index is 11.7. The van der Waals surface area contributed by atoms with Crippen molar-refractivity contribution in [1.29, 1.82) is 0 Å². The molecule has 0 aromatic heterocycles. The van der Waals surface area contributed by atoms with Crippen LogP contribution in [-0.4, -0.2) is 39.2 Å². The van der Waals surface area contributed by atoms with Crippen molar-refractivity contribution in [2.24, 2.45) is 0 Å². The van der Waals surface area contributed by atoms with Crippen LogP contribution in [0.5, 0.6) is 0 Å². The van der Waals surface area contributed by atoms with E-state index in [4.69, 9.17) is 0 Å². The minimum Gasteiger partial charge on any atom is -0.315 e. The molecule has 0 aromatic rings. The van der Waals surface area contributed by atoms with Gasteiger partial charge >= 0.3 is 0 Å². The van der Waals surface area contributed by atoms with Gasteiger partial charge in [0.15, 0.2) is 9.84 Å². The lowest BCUT2D eigenvalue weighted by Crippen LogP contribution is -2.26. The van der Waals surface area contributed by atoms with Crippen LogP contribution in [-0.2, 0) is 9.84 Å². The summed E-state index contributed by atoms with van der Waals surface area (Å²) in [7, 11) is -3.15. The molecule has 1 rings (SSSR count). The Balaban J connectivity index is 2.56. The van der Waals surface area contributed by atoms with Gasteiger partial charge in [-0.25, -0.2) is 12.8 Å². The fourth-order valence-electron chi connectivity index (χ4n) is 1.21. The number of hydrogen-bond acceptors (Lipinski definition) is 3. The van der Waals surface area contributed by atoms with Crippen LogP contribution in [0, 0.1) is 0 Å². The Bertz CT molecular complexity index is 209. The maximum Gasteiger partial charge on any atom is 0.157 e. The molecule has 0 radical (unpaired) electrons. The first-order valence-electron chi connectivity index (χ1n) is 3.65. The fraction of sp³-hybridized carbons (Fsp3) is 1.00. The zero-order valence-electron chi connectivity index (χ0n) is 6.22. The van der Waals surface area contributed by atoms with Gasteiger partial charge in [-0.1, -0.05) is 0 Å². The molecule has 1 N–H and O–H groups in total. The summed E-state index contributed by atoms with van der Waals surface area (Å²) in [5.41, 5.74) is 0. The minimum absolute atomic E-state index is 0.320. The van der Waals surface area contributed by atoms with Crippen LogP contribution >= 0.6 is 0 Å². The van der Waals surface area contributed by atoms with Crippen LogP contribution < -0.4 is 5.32 Å². The zero-order chi connectivity index (χ0) is 8.32. The molecule has 1 aliphatic rings. The molecule has 0 aromatic carbocycles. The number of halogens is 1. The third-order valence-electron chi connectivity index (χ3n) is 1.88. The molecule has 1 fully saturated rings. The molecule has 0 spiro atoms. The topological polar surface area (TPSA) is 46.2 Å². The van der Waals surface area contributed by atoms with Gasteiger partial charge in [0.05, 0.1) is 11.0 Å². The molecule has 1 saturated heterocycles. The molecule has 0 bridgehead atoms. The van der Waals surface area contributed by atoms with Crippen molar-refractivity contribution >= 4 is 9.84 Å². The molecule has 0 saturated carbocycles. The first kappa shape index (κ1) is 8.93. The molecule has 1 atom stereocenters. The van der Waals surface area contributed by atoms with Gasteiger partial charge in [-0.05, 0) is 13.0 Å². The molecule has 3 nitrogen and oxygen atoms in total. The number of alkyl halides is 1. The van der Waals surface area contributed by atoms with E-state index in [1.165, 1.54) is 0 Å². The van der Waals surface area contributed by atoms with Crippen molar-refractivity contribution in [2.75, 3.05) is 25.5 Å². The Labute approximate surface area is 65.9 Å². The third kappa shape index (κ3) is 2.13. The second-order valence-electron chi connectivity index (χ2n) is 2.67. The normalized spacial score (nSPS) is 25.7. The van der Waals surface area contributed by atoms with Crippen LogP contribution in [0.15, 0.2) is 0 Å². The summed E-state index contributed by atoms with van der Waals surface area (Å²) in [6.45, 7) is 0.456. The third-order valence-corrected chi connectivity index (χ3v) is 4.03. The SMILES string of the molecule is O=S(=O)(CCF)C1CCNC1. The minimum atomic E-state index is -3.15. The fourth-order valence-corrected chi connectivity index (χ4v) is 2.61. The van der Waals surface area contributed by atoms with Crippen molar-refractivity contribution in [1.82, 2.24) is 5.32 Å². The van der Waals surface area contributed by atoms with Gasteiger partial charge in [0.25, 0.3) is 0 Å². The maximum atomic E-state index is 11.7. The highest BCUT2D eigenvalue weighted by molar-refractivity contribution is 7.92. The van der Waals surface area contributed by atoms with Crippen LogP contribution in [0.4, 0.5) is 4.39 Å². The van der Waals surface area contributed by atoms with Crippen molar-refractivity contribution in [2.45, 2.75) is 11.7 Å². The molecule has 1 aliphatic heterocycles. The van der Waals surface area contributed by atoms with Gasteiger partial charge in [0, 0.05) is 6.54 Å². The molecule has 5 heteroatoms. The van der Waals surface area contributed by atoms with Gasteiger partial charge in [0.2, 0.25) is 0 Å². The highest BCUT2D eigenvalue weighted by Crippen LogP contribution is 2.10. The number of nitrogens with one attached hydrogen (secondary N) is 1. The summed E-state index contributed by atoms with van der Waals surface area (Å²) in [5.74, 6) is -0.320. The Hall–Kier alpha value is -0.160. The van der Waals surface area contributed by atoms with Crippen LogP contribution in [0.2, 0.25) is 0 Å². The predicted molar refractivity (Wildman–Crippen MR) is 41.0 cm³/mol. The van der Waals surface area contributed by atoms with E-state index in [0.29, 0.717) is 13.0 Å². The Morgan fingerprint density at radius 3 is 2.73 bits per heavy atom. The highest BCUT2D eigenvalue weighted by atomic mass is 32.2. The number of sulfone groups is 1. The number of hydrogen-bond donors (Lipinski definition) is 1. The largest absolute Gasteiger partial charge is 0.315 e. The molecule has 1 heterocycles. The summed E-state index contributed by atoms with van der Waals surface area (Å²) < 4.78 is 34.0. The lowest BCUT2D eigenvalue weighted by atomic mass is 10.4. The van der Waals surface area contributed by atoms with E-state index in [1.807, 2.05) is 0 Å². The molecule has 0 amide bonds. The smallest absolute Gasteiger partial charge is 0.157 e. The Kier molecular flexibility index (Phi) is 2.84. The molecular weight excluding hydrogens is 169 g/mol. The van der Waals surface area contributed by atoms with Gasteiger partial charge in [-0.15, -0.1) is 0 Å². The Morgan fingerprint density at radius 1 is 1.55 bits per heavy atom. The monoisotopic (exact) mass is 181 g/mol. The van der Waals surface area contributed by atoms with E-state index in [2.05, 4.69) is 5.32 Å². The van der Waals surface area contributed by atoms with Crippen LogP contribution in [0.1, 0.15) is 6.42 Å². The van der Waals surface area contributed by atoms with Gasteiger partial charge in [-0.3, -0.25) is 0 Å². The van der Waals surface area contributed by atoms with E-state index < -0.39 is 16.5 Å². The lowest BCUT2D eigenvalue weighted by Gasteiger charge is -2.07. The molecular formula is C6H12FNO2S. The summed E-state index contributed by atoms with van der Waals surface area (Å²) in [6, 6.07) is 0. The van der Waals surface area contributed by atoms with E-state index in [9.17, 15) is 12.8 Å². The summed E-state index contributed by atoms with van der Waals surface area (Å²) in [4.78, 5) is 0. The average Bonchev–Trinajstić information content (AvgIpc) is 2.37. The highest BCUT2D eigenvalue weighted by Gasteiger charge is 2.27. The first-order valence-corrected chi connectivity index (χ1v) is 5.36. The molecule has 0 aliphatic carbocycles. The lowest BCUT2D eigenvalue weighted by molar-refractivity contribution is 0.513. The number of rotatable bonds is 3. The summed E-state index contributed by atoms with van der Waals surface area (Å²) >= 11 is 0. The second kappa shape index (κ2) is 3.49. The predicted octanol–water partition coefficient (Wildman–Crippen LogP) is -0.267. The van der Waals surface area contributed by atoms with Gasteiger partial charge in [0.1, 0.15) is 6.67 Å². The Morgan fingerprint density at radius 2 is 2.27 bits per heavy atom. The summed E-state index contributed by atoms with van der Waals surface area (Å²) in [5, 5.41) is 2.59. The average molecular weight is 181 g/mol. The summed E-state index contributed by atoms with van der Waals surface area (Å²) in [6.07, 6.45) is 0.627. The molecule has 66 valence electrons. The first-order chi connectivity index (χ1) is 5.17. The van der Waals surface area contributed by atoms with Crippen molar-refractivity contribution in [3.8, 4) is 0 Å². The van der Waals surface area contributed by atoms with Crippen molar-refractivity contribution in [3.63, 3.8) is 0 Å². The van der Waals surface area contributed by atoms with Crippen LogP contribution in [0.3, 0.4) is 0 Å². The zero-order valence-corrected chi connectivity index (χ0v) is 7.03. The van der Waals surface area contributed by atoms with Gasteiger partial charge in [-0.2, -0.15) is 0 Å². The van der Waals surface area contributed by atoms with Gasteiger partial charge < -0.3 is 5.32 Å². The van der Waals surface area contributed by atoms with E-state index in [-0.39, 0.29) is 11.0 Å². The second-order valence-corrected chi connectivity index (χ2v) is 5.07. The van der Waals surface area contributed by atoms with E-state index in [0.717, 1.165) is 6.54 Å². The van der Waals surface area contributed by atoms with E-state index >= 15 is 0 Å². The quantitative estimate of drug-likeness (QED) is 0.652.